The van der Waals surface area contributed by atoms with Gasteiger partial charge in [0, 0.05) is 13.0 Å². The van der Waals surface area contributed by atoms with Gasteiger partial charge in [0.25, 0.3) is 0 Å². The van der Waals surface area contributed by atoms with E-state index in [0.29, 0.717) is 18.3 Å². The van der Waals surface area contributed by atoms with E-state index >= 15 is 0 Å². The Morgan fingerprint density at radius 2 is 2.25 bits per heavy atom. The predicted molar refractivity (Wildman–Crippen MR) is 65.6 cm³/mol. The lowest BCUT2D eigenvalue weighted by atomic mass is 9.94. The largest absolute Gasteiger partial charge is 0.378 e. The molecule has 1 aliphatic rings. The predicted octanol–water partition coefficient (Wildman–Crippen LogP) is 2.29. The van der Waals surface area contributed by atoms with Crippen molar-refractivity contribution < 1.29 is 9.53 Å². The topological polar surface area (TPSA) is 38.3 Å². The van der Waals surface area contributed by atoms with Crippen LogP contribution in [0.2, 0.25) is 0 Å². The first-order valence-electron chi connectivity index (χ1n) is 6.46. The molecule has 0 radical (unpaired) electrons. The van der Waals surface area contributed by atoms with Crippen molar-refractivity contribution in [2.45, 2.75) is 64.5 Å². The molecule has 16 heavy (non-hydrogen) atoms. The Hall–Kier alpha value is -0.410. The van der Waals surface area contributed by atoms with Crippen LogP contribution in [0.1, 0.15) is 52.9 Å². The quantitative estimate of drug-likeness (QED) is 0.725. The Labute approximate surface area is 98.9 Å². The second kappa shape index (κ2) is 6.36. The lowest BCUT2D eigenvalue weighted by Gasteiger charge is -2.24. The highest BCUT2D eigenvalue weighted by Gasteiger charge is 2.25. The Balaban J connectivity index is 2.18. The maximum absolute atomic E-state index is 11.9. The number of hydrogen-bond acceptors (Lipinski definition) is 3. The van der Waals surface area contributed by atoms with E-state index in [0.717, 1.165) is 26.0 Å². The molecule has 3 nitrogen and oxygen atoms in total. The number of carbonyl (C=O) groups excluding carboxylic acids is 1. The van der Waals surface area contributed by atoms with E-state index in [1.54, 1.807) is 0 Å². The van der Waals surface area contributed by atoms with Crippen molar-refractivity contribution in [2.24, 2.45) is 0 Å². The maximum atomic E-state index is 11.9. The number of likely N-dealkylation sites (N-methyl/N-ethyl adjacent to an activating group) is 1. The molecule has 0 spiro atoms. The zero-order valence-electron chi connectivity index (χ0n) is 10.8. The van der Waals surface area contributed by atoms with Gasteiger partial charge in [0.1, 0.15) is 0 Å². The van der Waals surface area contributed by atoms with E-state index in [4.69, 9.17) is 4.74 Å². The molecular formula is C13H25NO2. The highest BCUT2D eigenvalue weighted by atomic mass is 16.5. The van der Waals surface area contributed by atoms with Crippen molar-refractivity contribution in [3.63, 3.8) is 0 Å². The molecule has 0 aromatic carbocycles. The third kappa shape index (κ3) is 4.22. The molecule has 0 saturated carbocycles. The van der Waals surface area contributed by atoms with Crippen LogP contribution in [0.3, 0.4) is 0 Å². The van der Waals surface area contributed by atoms with Crippen LogP contribution in [-0.2, 0) is 9.53 Å². The zero-order valence-corrected chi connectivity index (χ0v) is 10.8. The van der Waals surface area contributed by atoms with Crippen molar-refractivity contribution >= 4 is 5.78 Å². The van der Waals surface area contributed by atoms with Crippen LogP contribution in [0.4, 0.5) is 0 Å². The SMILES string of the molecule is CCNC(C)(C)C(=O)CCCC1CCCO1. The molecule has 1 unspecified atom stereocenters. The summed E-state index contributed by atoms with van der Waals surface area (Å²) in [6.45, 7) is 7.70. The highest BCUT2D eigenvalue weighted by molar-refractivity contribution is 5.87. The van der Waals surface area contributed by atoms with Gasteiger partial charge >= 0.3 is 0 Å². The third-order valence-electron chi connectivity index (χ3n) is 3.27. The lowest BCUT2D eigenvalue weighted by molar-refractivity contribution is -0.124. The van der Waals surface area contributed by atoms with Crippen molar-refractivity contribution in [2.75, 3.05) is 13.2 Å². The zero-order chi connectivity index (χ0) is 12.0. The number of rotatable bonds is 7. The van der Waals surface area contributed by atoms with E-state index in [2.05, 4.69) is 5.32 Å². The first-order chi connectivity index (χ1) is 7.56. The minimum Gasteiger partial charge on any atom is -0.378 e. The lowest BCUT2D eigenvalue weighted by Crippen LogP contribution is -2.46. The van der Waals surface area contributed by atoms with Gasteiger partial charge in [0.2, 0.25) is 0 Å². The normalized spacial score (nSPS) is 21.3. The monoisotopic (exact) mass is 227 g/mol. The summed E-state index contributed by atoms with van der Waals surface area (Å²) in [4.78, 5) is 11.9. The summed E-state index contributed by atoms with van der Waals surface area (Å²) in [6.07, 6.45) is 5.42. The molecule has 0 aromatic heterocycles. The Kier molecular flexibility index (Phi) is 5.42. The van der Waals surface area contributed by atoms with Gasteiger partial charge in [-0.1, -0.05) is 6.92 Å². The molecule has 1 atom stereocenters. The molecule has 1 heterocycles. The summed E-state index contributed by atoms with van der Waals surface area (Å²) < 4.78 is 5.54. The molecule has 3 heteroatoms. The van der Waals surface area contributed by atoms with E-state index in [-0.39, 0.29) is 5.54 Å². The average Bonchev–Trinajstić information content (AvgIpc) is 2.70. The van der Waals surface area contributed by atoms with Crippen LogP contribution in [0.25, 0.3) is 0 Å². The number of Topliss-reactive ketones (excluding diaryl/α,β-unsaturated/α-hetero) is 1. The fourth-order valence-electron chi connectivity index (χ4n) is 2.22. The molecular weight excluding hydrogens is 202 g/mol. The molecule has 1 fully saturated rings. The minimum atomic E-state index is -0.370. The molecule has 1 aliphatic heterocycles. The summed E-state index contributed by atoms with van der Waals surface area (Å²) in [7, 11) is 0. The molecule has 0 bridgehead atoms. The van der Waals surface area contributed by atoms with Crippen LogP contribution >= 0.6 is 0 Å². The Morgan fingerprint density at radius 1 is 1.50 bits per heavy atom. The van der Waals surface area contributed by atoms with Crippen LogP contribution < -0.4 is 5.32 Å². The fourth-order valence-corrected chi connectivity index (χ4v) is 2.22. The van der Waals surface area contributed by atoms with Crippen molar-refractivity contribution in [1.29, 1.82) is 0 Å². The maximum Gasteiger partial charge on any atom is 0.152 e. The van der Waals surface area contributed by atoms with Gasteiger partial charge in [0.05, 0.1) is 11.6 Å². The molecule has 0 amide bonds. The number of carbonyl (C=O) groups is 1. The van der Waals surface area contributed by atoms with E-state index in [9.17, 15) is 4.79 Å². The standard InChI is InChI=1S/C13H25NO2/c1-4-14-13(2,3)12(15)9-5-7-11-8-6-10-16-11/h11,14H,4-10H2,1-3H3. The second-order valence-electron chi connectivity index (χ2n) is 5.11. The molecule has 1 rings (SSSR count). The minimum absolute atomic E-state index is 0.312. The van der Waals surface area contributed by atoms with Crippen molar-refractivity contribution in [3.8, 4) is 0 Å². The van der Waals surface area contributed by atoms with Crippen LogP contribution in [0.15, 0.2) is 0 Å². The molecule has 0 aliphatic carbocycles. The van der Waals surface area contributed by atoms with Crippen molar-refractivity contribution in [1.82, 2.24) is 5.32 Å². The van der Waals surface area contributed by atoms with Crippen LogP contribution in [0.5, 0.6) is 0 Å². The summed E-state index contributed by atoms with van der Waals surface area (Å²) in [6, 6.07) is 0. The van der Waals surface area contributed by atoms with E-state index in [1.807, 2.05) is 20.8 Å². The average molecular weight is 227 g/mol. The first kappa shape index (κ1) is 13.7. The first-order valence-corrected chi connectivity index (χ1v) is 6.46. The van der Waals surface area contributed by atoms with Gasteiger partial charge < -0.3 is 10.1 Å². The third-order valence-corrected chi connectivity index (χ3v) is 3.27. The Bertz CT molecular complexity index is 220. The van der Waals surface area contributed by atoms with Gasteiger partial charge in [0.15, 0.2) is 5.78 Å². The van der Waals surface area contributed by atoms with Gasteiger partial charge in [-0.05, 0) is 46.1 Å². The van der Waals surface area contributed by atoms with Gasteiger partial charge in [-0.15, -0.1) is 0 Å². The number of hydrogen-bond donors (Lipinski definition) is 1. The summed E-state index contributed by atoms with van der Waals surface area (Å²) in [5.74, 6) is 0.312. The summed E-state index contributed by atoms with van der Waals surface area (Å²) in [5, 5.41) is 3.22. The summed E-state index contributed by atoms with van der Waals surface area (Å²) in [5.41, 5.74) is -0.370. The highest BCUT2D eigenvalue weighted by Crippen LogP contribution is 2.19. The molecule has 94 valence electrons. The smallest absolute Gasteiger partial charge is 0.152 e. The van der Waals surface area contributed by atoms with E-state index < -0.39 is 0 Å². The molecule has 1 saturated heterocycles. The molecule has 1 N–H and O–H groups in total. The fraction of sp³-hybridized carbons (Fsp3) is 0.923. The number of nitrogens with one attached hydrogen (secondary N) is 1. The van der Waals surface area contributed by atoms with Crippen molar-refractivity contribution in [3.05, 3.63) is 0 Å². The van der Waals surface area contributed by atoms with Crippen LogP contribution in [0, 0.1) is 0 Å². The van der Waals surface area contributed by atoms with Crippen LogP contribution in [-0.4, -0.2) is 30.6 Å². The number of ketones is 1. The van der Waals surface area contributed by atoms with Gasteiger partial charge in [-0.3, -0.25) is 4.79 Å². The summed E-state index contributed by atoms with van der Waals surface area (Å²) >= 11 is 0. The second-order valence-corrected chi connectivity index (χ2v) is 5.11. The Morgan fingerprint density at radius 3 is 2.81 bits per heavy atom. The molecule has 0 aromatic rings. The number of ether oxygens (including phenoxy) is 1. The van der Waals surface area contributed by atoms with Gasteiger partial charge in [-0.2, -0.15) is 0 Å². The van der Waals surface area contributed by atoms with Gasteiger partial charge in [-0.25, -0.2) is 0 Å². The van der Waals surface area contributed by atoms with E-state index in [1.165, 1.54) is 12.8 Å².